The Morgan fingerprint density at radius 1 is 1.15 bits per heavy atom. The van der Waals surface area contributed by atoms with E-state index < -0.39 is 0 Å². The highest BCUT2D eigenvalue weighted by Gasteiger charge is 2.18. The van der Waals surface area contributed by atoms with Crippen LogP contribution in [0.1, 0.15) is 48.8 Å². The fraction of sp³-hybridized carbons (Fsp3) is 0.381. The number of benzene rings is 1. The van der Waals surface area contributed by atoms with Crippen LogP contribution >= 0.6 is 0 Å². The molecule has 2 aromatic heterocycles. The highest BCUT2D eigenvalue weighted by Crippen LogP contribution is 2.26. The molecule has 3 heterocycles. The van der Waals surface area contributed by atoms with Crippen LogP contribution in [0.4, 0.5) is 5.82 Å². The van der Waals surface area contributed by atoms with Gasteiger partial charge in [-0.15, -0.1) is 0 Å². The first-order valence-electron chi connectivity index (χ1n) is 9.62. The van der Waals surface area contributed by atoms with Gasteiger partial charge in [0, 0.05) is 29.4 Å². The predicted molar refractivity (Wildman–Crippen MR) is 107 cm³/mol. The molecule has 3 aromatic rings. The Hall–Kier alpha value is -2.73. The second-order valence-electron chi connectivity index (χ2n) is 7.17. The summed E-state index contributed by atoms with van der Waals surface area (Å²) in [7, 11) is 0. The smallest absolute Gasteiger partial charge is 0.130 e. The zero-order valence-corrected chi connectivity index (χ0v) is 15.9. The highest BCUT2D eigenvalue weighted by molar-refractivity contribution is 5.40. The summed E-state index contributed by atoms with van der Waals surface area (Å²) in [4.78, 5) is 9.28. The minimum Gasteiger partial charge on any atom is -0.363 e. The Morgan fingerprint density at radius 2 is 1.93 bits per heavy atom. The zero-order valence-electron chi connectivity index (χ0n) is 15.9. The lowest BCUT2D eigenvalue weighted by Gasteiger charge is -2.23. The SMILES string of the molecule is Cc1nc(N[C@@H](C)c2cnn(-c3ccccc3)c2)cc(C2CCNCC2)n1. The molecule has 0 amide bonds. The molecule has 140 valence electrons. The molecule has 27 heavy (non-hydrogen) atoms. The first-order valence-corrected chi connectivity index (χ1v) is 9.62. The normalized spacial score (nSPS) is 16.2. The molecule has 0 aliphatic carbocycles. The van der Waals surface area contributed by atoms with Gasteiger partial charge < -0.3 is 10.6 Å². The van der Waals surface area contributed by atoms with Gasteiger partial charge in [0.15, 0.2) is 0 Å². The van der Waals surface area contributed by atoms with Crippen LogP contribution in [0.2, 0.25) is 0 Å². The van der Waals surface area contributed by atoms with E-state index in [-0.39, 0.29) is 6.04 Å². The maximum Gasteiger partial charge on any atom is 0.130 e. The molecule has 0 unspecified atom stereocenters. The zero-order chi connectivity index (χ0) is 18.6. The van der Waals surface area contributed by atoms with E-state index in [0.29, 0.717) is 5.92 Å². The van der Waals surface area contributed by atoms with Gasteiger partial charge in [0.2, 0.25) is 0 Å². The number of piperidine rings is 1. The second kappa shape index (κ2) is 7.88. The number of nitrogens with zero attached hydrogens (tertiary/aromatic N) is 4. The van der Waals surface area contributed by atoms with Crippen molar-refractivity contribution < 1.29 is 0 Å². The van der Waals surface area contributed by atoms with Crippen LogP contribution in [-0.4, -0.2) is 32.8 Å². The number of aryl methyl sites for hydroxylation is 1. The van der Waals surface area contributed by atoms with Crippen molar-refractivity contribution in [1.29, 1.82) is 0 Å². The molecular formula is C21H26N6. The quantitative estimate of drug-likeness (QED) is 0.726. The summed E-state index contributed by atoms with van der Waals surface area (Å²) in [5.74, 6) is 2.22. The minimum absolute atomic E-state index is 0.109. The summed E-state index contributed by atoms with van der Waals surface area (Å²) < 4.78 is 1.90. The Kier molecular flexibility index (Phi) is 5.16. The van der Waals surface area contributed by atoms with Gasteiger partial charge in [-0.2, -0.15) is 5.10 Å². The summed E-state index contributed by atoms with van der Waals surface area (Å²) in [6, 6.07) is 12.4. The Labute approximate surface area is 160 Å². The van der Waals surface area contributed by atoms with E-state index in [1.165, 1.54) is 0 Å². The summed E-state index contributed by atoms with van der Waals surface area (Å²) in [6.45, 7) is 6.22. The summed E-state index contributed by atoms with van der Waals surface area (Å²) in [5.41, 5.74) is 3.33. The van der Waals surface area contributed by atoms with E-state index in [9.17, 15) is 0 Å². The molecule has 0 saturated carbocycles. The van der Waals surface area contributed by atoms with Crippen molar-refractivity contribution in [2.45, 2.75) is 38.6 Å². The summed E-state index contributed by atoms with van der Waals surface area (Å²) in [6.07, 6.45) is 6.24. The lowest BCUT2D eigenvalue weighted by Crippen LogP contribution is -2.27. The molecule has 1 aliphatic heterocycles. The lowest BCUT2D eigenvalue weighted by molar-refractivity contribution is 0.452. The maximum absolute atomic E-state index is 4.69. The number of nitrogens with one attached hydrogen (secondary N) is 2. The number of aromatic nitrogens is 4. The van der Waals surface area contributed by atoms with Gasteiger partial charge in [0.25, 0.3) is 0 Å². The standard InChI is InChI=1S/C21H26N6/c1-15(18-13-23-27(14-18)19-6-4-3-5-7-19)24-21-12-20(25-16(2)26-21)17-8-10-22-11-9-17/h3-7,12-15,17,22H,8-11H2,1-2H3,(H,24,25,26)/t15-/m0/s1. The van der Waals surface area contributed by atoms with Gasteiger partial charge in [-0.1, -0.05) is 18.2 Å². The van der Waals surface area contributed by atoms with Crippen LogP contribution < -0.4 is 10.6 Å². The molecule has 0 radical (unpaired) electrons. The monoisotopic (exact) mass is 362 g/mol. The Bertz CT molecular complexity index is 883. The molecule has 1 atom stereocenters. The Morgan fingerprint density at radius 3 is 2.70 bits per heavy atom. The van der Waals surface area contributed by atoms with Crippen molar-refractivity contribution in [1.82, 2.24) is 25.1 Å². The molecule has 4 rings (SSSR count). The largest absolute Gasteiger partial charge is 0.363 e. The van der Waals surface area contributed by atoms with Gasteiger partial charge in [-0.3, -0.25) is 0 Å². The topological polar surface area (TPSA) is 67.7 Å². The van der Waals surface area contributed by atoms with Crippen molar-refractivity contribution in [3.63, 3.8) is 0 Å². The third kappa shape index (κ3) is 4.17. The van der Waals surface area contributed by atoms with Gasteiger partial charge in [-0.05, 0) is 51.9 Å². The number of anilines is 1. The first kappa shape index (κ1) is 17.7. The average molecular weight is 362 g/mol. The molecule has 1 aromatic carbocycles. The predicted octanol–water partition coefficient (Wildman–Crippen LogP) is 3.61. The van der Waals surface area contributed by atoms with Crippen LogP contribution in [0.25, 0.3) is 5.69 Å². The molecule has 2 N–H and O–H groups in total. The average Bonchev–Trinajstić information content (AvgIpc) is 3.19. The van der Waals surface area contributed by atoms with Crippen molar-refractivity contribution in [3.8, 4) is 5.69 Å². The van der Waals surface area contributed by atoms with E-state index >= 15 is 0 Å². The molecule has 1 fully saturated rings. The minimum atomic E-state index is 0.109. The van der Waals surface area contributed by atoms with E-state index in [1.54, 1.807) is 0 Å². The molecule has 0 spiro atoms. The molecule has 0 bridgehead atoms. The Balaban J connectivity index is 1.50. The third-order valence-corrected chi connectivity index (χ3v) is 5.10. The fourth-order valence-electron chi connectivity index (χ4n) is 3.58. The van der Waals surface area contributed by atoms with E-state index in [4.69, 9.17) is 0 Å². The second-order valence-corrected chi connectivity index (χ2v) is 7.17. The van der Waals surface area contributed by atoms with Gasteiger partial charge in [-0.25, -0.2) is 14.6 Å². The third-order valence-electron chi connectivity index (χ3n) is 5.10. The summed E-state index contributed by atoms with van der Waals surface area (Å²) >= 11 is 0. The molecular weight excluding hydrogens is 336 g/mol. The number of hydrogen-bond donors (Lipinski definition) is 2. The van der Waals surface area contributed by atoms with Gasteiger partial charge >= 0.3 is 0 Å². The first-order chi connectivity index (χ1) is 13.2. The van der Waals surface area contributed by atoms with Crippen LogP contribution in [0.3, 0.4) is 0 Å². The van der Waals surface area contributed by atoms with Crippen molar-refractivity contribution >= 4 is 5.82 Å². The van der Waals surface area contributed by atoms with Crippen LogP contribution in [0.5, 0.6) is 0 Å². The van der Waals surface area contributed by atoms with Gasteiger partial charge in [0.1, 0.15) is 11.6 Å². The number of para-hydroxylation sites is 1. The maximum atomic E-state index is 4.69. The molecule has 1 saturated heterocycles. The number of rotatable bonds is 5. The fourth-order valence-corrected chi connectivity index (χ4v) is 3.58. The number of hydrogen-bond acceptors (Lipinski definition) is 5. The molecule has 6 nitrogen and oxygen atoms in total. The van der Waals surface area contributed by atoms with Gasteiger partial charge in [0.05, 0.1) is 17.9 Å². The van der Waals surface area contributed by atoms with E-state index in [2.05, 4.69) is 44.9 Å². The summed E-state index contributed by atoms with van der Waals surface area (Å²) in [5, 5.41) is 11.4. The molecule has 1 aliphatic rings. The van der Waals surface area contributed by atoms with Crippen molar-refractivity contribution in [3.05, 3.63) is 65.9 Å². The van der Waals surface area contributed by atoms with Crippen LogP contribution in [0.15, 0.2) is 48.8 Å². The van der Waals surface area contributed by atoms with E-state index in [1.807, 2.05) is 48.1 Å². The van der Waals surface area contributed by atoms with Crippen molar-refractivity contribution in [2.24, 2.45) is 0 Å². The van der Waals surface area contributed by atoms with Crippen molar-refractivity contribution in [2.75, 3.05) is 18.4 Å². The van der Waals surface area contributed by atoms with Crippen LogP contribution in [-0.2, 0) is 0 Å². The molecule has 6 heteroatoms. The highest BCUT2D eigenvalue weighted by atomic mass is 15.3. The van der Waals surface area contributed by atoms with Crippen LogP contribution in [0, 0.1) is 6.92 Å². The lowest BCUT2D eigenvalue weighted by atomic mass is 9.94. The van der Waals surface area contributed by atoms with E-state index in [0.717, 1.165) is 54.5 Å².